The van der Waals surface area contributed by atoms with Gasteiger partial charge in [-0.3, -0.25) is 4.79 Å². The highest BCUT2D eigenvalue weighted by Gasteiger charge is 2.02. The monoisotopic (exact) mass is 178 g/mol. The van der Waals surface area contributed by atoms with Gasteiger partial charge in [-0.25, -0.2) is 4.98 Å². The average molecular weight is 178 g/mol. The van der Waals surface area contributed by atoms with Crippen molar-refractivity contribution in [2.45, 2.75) is 0 Å². The van der Waals surface area contributed by atoms with Crippen LogP contribution < -0.4 is 5.73 Å². The molecule has 12 heavy (non-hydrogen) atoms. The second-order valence-electron chi connectivity index (χ2n) is 2.39. The summed E-state index contributed by atoms with van der Waals surface area (Å²) in [6.07, 6.45) is 1.67. The zero-order valence-electron chi connectivity index (χ0n) is 6.15. The number of hydrogen-bond donors (Lipinski definition) is 1. The second kappa shape index (κ2) is 2.57. The molecule has 2 N–H and O–H groups in total. The van der Waals surface area contributed by atoms with Crippen molar-refractivity contribution in [2.75, 3.05) is 0 Å². The Hall–Kier alpha value is -1.42. The Morgan fingerprint density at radius 1 is 1.58 bits per heavy atom. The van der Waals surface area contributed by atoms with Crippen molar-refractivity contribution >= 4 is 27.3 Å². The van der Waals surface area contributed by atoms with E-state index in [9.17, 15) is 4.79 Å². The van der Waals surface area contributed by atoms with Crippen molar-refractivity contribution in [1.29, 1.82) is 0 Å². The van der Waals surface area contributed by atoms with Crippen molar-refractivity contribution in [3.05, 3.63) is 29.4 Å². The van der Waals surface area contributed by atoms with Crippen LogP contribution in [0.5, 0.6) is 0 Å². The Balaban J connectivity index is 2.68. The minimum Gasteiger partial charge on any atom is -0.364 e. The molecule has 0 unspecified atom stereocenters. The van der Waals surface area contributed by atoms with Gasteiger partial charge in [0.1, 0.15) is 5.69 Å². The predicted octanol–water partition coefficient (Wildman–Crippen LogP) is 1.40. The molecule has 3 nitrogen and oxygen atoms in total. The highest BCUT2D eigenvalue weighted by atomic mass is 32.1. The van der Waals surface area contributed by atoms with Crippen molar-refractivity contribution in [3.63, 3.8) is 0 Å². The van der Waals surface area contributed by atoms with Crippen LogP contribution in [0, 0.1) is 0 Å². The van der Waals surface area contributed by atoms with Crippen molar-refractivity contribution < 1.29 is 4.79 Å². The van der Waals surface area contributed by atoms with Gasteiger partial charge in [0.15, 0.2) is 0 Å². The van der Waals surface area contributed by atoms with E-state index in [0.717, 1.165) is 10.1 Å². The SMILES string of the molecule is NC(=O)c1cc2ccsc2cn1. The topological polar surface area (TPSA) is 56.0 Å². The molecule has 60 valence electrons. The Morgan fingerprint density at radius 2 is 2.42 bits per heavy atom. The number of amides is 1. The first kappa shape index (κ1) is 7.24. The van der Waals surface area contributed by atoms with E-state index in [1.165, 1.54) is 0 Å². The molecule has 0 aliphatic heterocycles. The first-order valence-corrected chi connectivity index (χ1v) is 4.28. The summed E-state index contributed by atoms with van der Waals surface area (Å²) in [4.78, 5) is 14.6. The van der Waals surface area contributed by atoms with Crippen LogP contribution in [0.1, 0.15) is 10.5 Å². The Kier molecular flexibility index (Phi) is 1.55. The molecule has 0 fully saturated rings. The van der Waals surface area contributed by atoms with Gasteiger partial charge in [-0.15, -0.1) is 11.3 Å². The largest absolute Gasteiger partial charge is 0.364 e. The van der Waals surface area contributed by atoms with Gasteiger partial charge in [0, 0.05) is 6.20 Å². The highest BCUT2D eigenvalue weighted by molar-refractivity contribution is 7.17. The number of aromatic nitrogens is 1. The van der Waals surface area contributed by atoms with E-state index in [-0.39, 0.29) is 0 Å². The Morgan fingerprint density at radius 3 is 3.17 bits per heavy atom. The van der Waals surface area contributed by atoms with Crippen LogP contribution in [0.3, 0.4) is 0 Å². The molecule has 4 heteroatoms. The maximum Gasteiger partial charge on any atom is 0.267 e. The van der Waals surface area contributed by atoms with E-state index in [1.807, 2.05) is 11.4 Å². The first-order valence-electron chi connectivity index (χ1n) is 3.40. The van der Waals surface area contributed by atoms with E-state index >= 15 is 0 Å². The summed E-state index contributed by atoms with van der Waals surface area (Å²) in [5.74, 6) is -0.483. The first-order chi connectivity index (χ1) is 5.77. The fourth-order valence-corrected chi connectivity index (χ4v) is 1.74. The van der Waals surface area contributed by atoms with Gasteiger partial charge in [0.05, 0.1) is 4.70 Å². The summed E-state index contributed by atoms with van der Waals surface area (Å²) in [7, 11) is 0. The van der Waals surface area contributed by atoms with Crippen molar-refractivity contribution in [2.24, 2.45) is 5.73 Å². The van der Waals surface area contributed by atoms with Gasteiger partial charge in [-0.2, -0.15) is 0 Å². The predicted molar refractivity (Wildman–Crippen MR) is 48.1 cm³/mol. The number of fused-ring (bicyclic) bond motifs is 1. The summed E-state index contributed by atoms with van der Waals surface area (Å²) in [5.41, 5.74) is 5.40. The summed E-state index contributed by atoms with van der Waals surface area (Å²) >= 11 is 1.59. The maximum absolute atomic E-state index is 10.7. The molecule has 1 amide bonds. The molecule has 0 aliphatic carbocycles. The smallest absolute Gasteiger partial charge is 0.267 e. The third-order valence-electron chi connectivity index (χ3n) is 1.59. The van der Waals surface area contributed by atoms with Gasteiger partial charge in [-0.1, -0.05) is 0 Å². The summed E-state index contributed by atoms with van der Waals surface area (Å²) < 4.78 is 1.07. The molecule has 0 radical (unpaired) electrons. The zero-order chi connectivity index (χ0) is 8.55. The van der Waals surface area contributed by atoms with Crippen LogP contribution in [-0.4, -0.2) is 10.9 Å². The number of rotatable bonds is 1. The van der Waals surface area contributed by atoms with Gasteiger partial charge in [0.2, 0.25) is 0 Å². The molecule has 0 bridgehead atoms. The molecule has 2 aromatic rings. The maximum atomic E-state index is 10.7. The number of nitrogens with two attached hydrogens (primary N) is 1. The van der Waals surface area contributed by atoms with E-state index in [2.05, 4.69) is 4.98 Å². The van der Waals surface area contributed by atoms with Crippen LogP contribution in [0.25, 0.3) is 10.1 Å². The fourth-order valence-electron chi connectivity index (χ4n) is 1.00. The summed E-state index contributed by atoms with van der Waals surface area (Å²) in [6.45, 7) is 0. The lowest BCUT2D eigenvalue weighted by atomic mass is 10.3. The van der Waals surface area contributed by atoms with Crippen LogP contribution >= 0.6 is 11.3 Å². The van der Waals surface area contributed by atoms with Gasteiger partial charge in [0.25, 0.3) is 5.91 Å². The van der Waals surface area contributed by atoms with E-state index in [1.54, 1.807) is 23.6 Å². The Labute approximate surface area is 72.8 Å². The molecule has 0 aromatic carbocycles. The minimum atomic E-state index is -0.483. The Bertz CT molecular complexity index is 435. The number of carbonyl (C=O) groups is 1. The lowest BCUT2D eigenvalue weighted by Gasteiger charge is -1.92. The fraction of sp³-hybridized carbons (Fsp3) is 0. The van der Waals surface area contributed by atoms with Crippen molar-refractivity contribution in [1.82, 2.24) is 4.98 Å². The van der Waals surface area contributed by atoms with Gasteiger partial charge < -0.3 is 5.73 Å². The minimum absolute atomic E-state index is 0.320. The quantitative estimate of drug-likeness (QED) is 0.717. The lowest BCUT2D eigenvalue weighted by Crippen LogP contribution is -2.12. The second-order valence-corrected chi connectivity index (χ2v) is 3.34. The average Bonchev–Trinajstić information content (AvgIpc) is 2.49. The molecular weight excluding hydrogens is 172 g/mol. The van der Waals surface area contributed by atoms with E-state index in [0.29, 0.717) is 5.69 Å². The molecular formula is C8H6N2OS. The molecule has 0 atom stereocenters. The third kappa shape index (κ3) is 1.06. The lowest BCUT2D eigenvalue weighted by molar-refractivity contribution is 0.0996. The van der Waals surface area contributed by atoms with E-state index in [4.69, 9.17) is 5.73 Å². The molecule has 0 saturated heterocycles. The molecule has 2 heterocycles. The summed E-state index contributed by atoms with van der Waals surface area (Å²) in [6, 6.07) is 3.64. The number of nitrogens with zero attached hydrogens (tertiary/aromatic N) is 1. The van der Waals surface area contributed by atoms with E-state index < -0.39 is 5.91 Å². The van der Waals surface area contributed by atoms with Crippen molar-refractivity contribution in [3.8, 4) is 0 Å². The number of pyridine rings is 1. The normalized spacial score (nSPS) is 10.3. The highest BCUT2D eigenvalue weighted by Crippen LogP contribution is 2.19. The van der Waals surface area contributed by atoms with Crippen LogP contribution in [0.4, 0.5) is 0 Å². The van der Waals surface area contributed by atoms with Crippen LogP contribution in [0.15, 0.2) is 23.7 Å². The standard InChI is InChI=1S/C8H6N2OS/c9-8(11)6-3-5-1-2-12-7(5)4-10-6/h1-4H,(H2,9,11). The molecule has 0 saturated carbocycles. The summed E-state index contributed by atoms with van der Waals surface area (Å²) in [5, 5.41) is 2.97. The molecule has 2 aromatic heterocycles. The molecule has 2 rings (SSSR count). The van der Waals surface area contributed by atoms with Gasteiger partial charge >= 0.3 is 0 Å². The zero-order valence-corrected chi connectivity index (χ0v) is 6.97. The molecule has 0 aliphatic rings. The molecule has 0 spiro atoms. The number of hydrogen-bond acceptors (Lipinski definition) is 3. The van der Waals surface area contributed by atoms with Crippen LogP contribution in [-0.2, 0) is 0 Å². The van der Waals surface area contributed by atoms with Gasteiger partial charge in [-0.05, 0) is 22.9 Å². The number of carbonyl (C=O) groups excluding carboxylic acids is 1. The van der Waals surface area contributed by atoms with Crippen LogP contribution in [0.2, 0.25) is 0 Å². The third-order valence-corrected chi connectivity index (χ3v) is 2.46. The number of thiophene rings is 1. The number of primary amides is 1.